The van der Waals surface area contributed by atoms with Crippen LogP contribution < -0.4 is 5.32 Å². The maximum atomic E-state index is 12.8. The van der Waals surface area contributed by atoms with E-state index in [1.165, 1.54) is 33.6 Å². The molecule has 0 saturated heterocycles. The van der Waals surface area contributed by atoms with E-state index in [0.717, 1.165) is 16.3 Å². The van der Waals surface area contributed by atoms with Crippen LogP contribution in [0.25, 0.3) is 10.4 Å². The second-order valence-corrected chi connectivity index (χ2v) is 10.9. The van der Waals surface area contributed by atoms with Crippen LogP contribution in [-0.4, -0.2) is 39.0 Å². The average Bonchev–Trinajstić information content (AvgIpc) is 3.46. The van der Waals surface area contributed by atoms with E-state index >= 15 is 0 Å². The van der Waals surface area contributed by atoms with E-state index in [1.807, 2.05) is 41.9 Å². The highest BCUT2D eigenvalue weighted by Crippen LogP contribution is 2.36. The number of carbonyl (C=O) groups excluding carboxylic acids is 2. The second-order valence-electron chi connectivity index (χ2n) is 7.84. The molecular formula is C26H26N4O3S3. The summed E-state index contributed by atoms with van der Waals surface area (Å²) in [5.41, 5.74) is 2.55. The number of esters is 1. The van der Waals surface area contributed by atoms with E-state index in [1.54, 1.807) is 24.8 Å². The number of thioether (sulfide) groups is 2. The van der Waals surface area contributed by atoms with Crippen molar-refractivity contribution in [2.45, 2.75) is 29.7 Å². The van der Waals surface area contributed by atoms with E-state index in [4.69, 9.17) is 4.74 Å². The van der Waals surface area contributed by atoms with E-state index < -0.39 is 5.97 Å². The highest BCUT2D eigenvalue weighted by Gasteiger charge is 2.20. The number of hydrogen-bond acceptors (Lipinski definition) is 8. The first kappa shape index (κ1) is 26.0. The number of ether oxygens (including phenoxy) is 1. The summed E-state index contributed by atoms with van der Waals surface area (Å²) in [6.45, 7) is 4.08. The number of nitrogens with zero attached hydrogens (tertiary/aromatic N) is 3. The summed E-state index contributed by atoms with van der Waals surface area (Å²) >= 11 is 4.34. The van der Waals surface area contributed by atoms with E-state index in [-0.39, 0.29) is 18.3 Å². The first-order valence-corrected chi connectivity index (χ1v) is 14.1. The number of rotatable bonds is 10. The van der Waals surface area contributed by atoms with Crippen LogP contribution in [0.3, 0.4) is 0 Å². The fraction of sp³-hybridized carbons (Fsp3) is 0.231. The first-order valence-electron chi connectivity index (χ1n) is 11.3. The van der Waals surface area contributed by atoms with Gasteiger partial charge in [0.25, 0.3) is 0 Å². The van der Waals surface area contributed by atoms with Gasteiger partial charge in [0.15, 0.2) is 5.16 Å². The van der Waals surface area contributed by atoms with Crippen LogP contribution >= 0.6 is 34.9 Å². The molecule has 0 aliphatic rings. The van der Waals surface area contributed by atoms with Crippen molar-refractivity contribution in [2.24, 2.45) is 7.05 Å². The molecule has 186 valence electrons. The van der Waals surface area contributed by atoms with Gasteiger partial charge in [-0.05, 0) is 37.6 Å². The monoisotopic (exact) mass is 538 g/mol. The molecule has 4 rings (SSSR count). The minimum atomic E-state index is -0.456. The largest absolute Gasteiger partial charge is 0.462 e. The van der Waals surface area contributed by atoms with E-state index in [9.17, 15) is 9.59 Å². The van der Waals surface area contributed by atoms with Gasteiger partial charge < -0.3 is 14.6 Å². The van der Waals surface area contributed by atoms with Gasteiger partial charge in [-0.15, -0.1) is 33.3 Å². The van der Waals surface area contributed by atoms with Crippen molar-refractivity contribution in [1.29, 1.82) is 0 Å². The molecule has 2 aromatic heterocycles. The Morgan fingerprint density at radius 2 is 1.81 bits per heavy atom. The molecular weight excluding hydrogens is 513 g/mol. The third-order valence-corrected chi connectivity index (χ3v) is 8.31. The summed E-state index contributed by atoms with van der Waals surface area (Å²) in [6.07, 6.45) is 0. The Bertz CT molecular complexity index is 1330. The van der Waals surface area contributed by atoms with Crippen molar-refractivity contribution in [3.05, 3.63) is 77.6 Å². The third-order valence-electron chi connectivity index (χ3n) is 5.19. The van der Waals surface area contributed by atoms with Crippen molar-refractivity contribution < 1.29 is 14.3 Å². The van der Waals surface area contributed by atoms with Crippen molar-refractivity contribution in [3.63, 3.8) is 0 Å². The molecule has 0 saturated carbocycles. The molecule has 1 amide bonds. The van der Waals surface area contributed by atoms with Crippen molar-refractivity contribution in [1.82, 2.24) is 14.8 Å². The maximum Gasteiger partial charge on any atom is 0.341 e. The molecule has 0 aliphatic heterocycles. The second kappa shape index (κ2) is 12.2. The Kier molecular flexibility index (Phi) is 8.84. The molecule has 10 heteroatoms. The summed E-state index contributed by atoms with van der Waals surface area (Å²) in [6, 6.07) is 19.8. The fourth-order valence-corrected chi connectivity index (χ4v) is 5.93. The lowest BCUT2D eigenvalue weighted by atomic mass is 10.1. The predicted octanol–water partition coefficient (Wildman–Crippen LogP) is 6.05. The van der Waals surface area contributed by atoms with E-state index in [0.29, 0.717) is 21.5 Å². The highest BCUT2D eigenvalue weighted by molar-refractivity contribution is 7.99. The normalized spacial score (nSPS) is 10.9. The summed E-state index contributed by atoms with van der Waals surface area (Å²) in [5, 5.41) is 12.6. The minimum Gasteiger partial charge on any atom is -0.462 e. The zero-order valence-corrected chi connectivity index (χ0v) is 22.6. The van der Waals surface area contributed by atoms with Gasteiger partial charge in [0, 0.05) is 16.8 Å². The summed E-state index contributed by atoms with van der Waals surface area (Å²) in [5.74, 6) is 0.963. The molecule has 0 atom stereocenters. The molecule has 1 N–H and O–H groups in total. The Hall–Kier alpha value is -3.08. The number of aryl methyl sites for hydroxylation is 1. The quantitative estimate of drug-likeness (QED) is 0.194. The summed E-state index contributed by atoms with van der Waals surface area (Å²) < 4.78 is 7.10. The van der Waals surface area contributed by atoms with Gasteiger partial charge in [0.1, 0.15) is 10.8 Å². The predicted molar refractivity (Wildman–Crippen MR) is 147 cm³/mol. The zero-order chi connectivity index (χ0) is 25.5. The molecule has 0 fully saturated rings. The molecule has 0 bridgehead atoms. The van der Waals surface area contributed by atoms with Crippen LogP contribution in [0, 0.1) is 6.92 Å². The molecule has 36 heavy (non-hydrogen) atoms. The lowest BCUT2D eigenvalue weighted by Gasteiger charge is -2.06. The number of carbonyl (C=O) groups is 2. The van der Waals surface area contributed by atoms with Crippen LogP contribution in [0.15, 0.2) is 70.7 Å². The number of aromatic nitrogens is 3. The lowest BCUT2D eigenvalue weighted by Crippen LogP contribution is -2.16. The van der Waals surface area contributed by atoms with Crippen LogP contribution in [0.5, 0.6) is 0 Å². The van der Waals surface area contributed by atoms with Crippen LogP contribution in [0.1, 0.15) is 28.7 Å². The number of amides is 1. The van der Waals surface area contributed by atoms with Gasteiger partial charge in [-0.3, -0.25) is 4.79 Å². The zero-order valence-electron chi connectivity index (χ0n) is 20.2. The number of hydrogen-bond donors (Lipinski definition) is 1. The van der Waals surface area contributed by atoms with Gasteiger partial charge in [-0.25, -0.2) is 4.79 Å². The molecule has 7 nitrogen and oxygen atoms in total. The average molecular weight is 539 g/mol. The number of nitrogens with one attached hydrogen (secondary N) is 1. The van der Waals surface area contributed by atoms with Crippen molar-refractivity contribution in [3.8, 4) is 10.4 Å². The van der Waals surface area contributed by atoms with E-state index in [2.05, 4.69) is 46.7 Å². The summed E-state index contributed by atoms with van der Waals surface area (Å²) in [4.78, 5) is 27.3. The van der Waals surface area contributed by atoms with Crippen molar-refractivity contribution in [2.75, 3.05) is 17.7 Å². The van der Waals surface area contributed by atoms with Crippen LogP contribution in [0.2, 0.25) is 0 Å². The molecule has 0 aliphatic carbocycles. The number of anilines is 1. The first-order chi connectivity index (χ1) is 17.4. The van der Waals surface area contributed by atoms with Crippen LogP contribution in [0.4, 0.5) is 5.00 Å². The molecule has 0 unspecified atom stereocenters. The summed E-state index contributed by atoms with van der Waals surface area (Å²) in [7, 11) is 1.90. The number of thiophene rings is 1. The van der Waals surface area contributed by atoms with Crippen molar-refractivity contribution >= 4 is 51.7 Å². The Morgan fingerprint density at radius 1 is 1.06 bits per heavy atom. The molecule has 0 radical (unpaired) electrons. The Balaban J connectivity index is 1.39. The third kappa shape index (κ3) is 6.57. The van der Waals surface area contributed by atoms with Crippen LogP contribution in [-0.2, 0) is 22.3 Å². The smallest absolute Gasteiger partial charge is 0.341 e. The molecule has 0 spiro atoms. The molecule has 4 aromatic rings. The molecule has 2 aromatic carbocycles. The minimum absolute atomic E-state index is 0.137. The van der Waals surface area contributed by atoms with Gasteiger partial charge in [-0.2, -0.15) is 0 Å². The highest BCUT2D eigenvalue weighted by atomic mass is 32.2. The Morgan fingerprint density at radius 3 is 2.53 bits per heavy atom. The lowest BCUT2D eigenvalue weighted by molar-refractivity contribution is -0.113. The Labute approximate surface area is 222 Å². The van der Waals surface area contributed by atoms with Gasteiger partial charge in [0.05, 0.1) is 23.7 Å². The number of benzene rings is 2. The standard InChI is InChI=1S/C26H26N4O3S3/c1-4-33-25(32)20-14-21(18-8-6-5-7-9-18)36-24(20)27-23(31)16-35-26-29-28-22(30(26)3)15-34-19-12-10-17(2)11-13-19/h5-14H,4,15-16H2,1-3H3,(H,27,31). The van der Waals surface area contributed by atoms with Gasteiger partial charge in [0.2, 0.25) is 5.91 Å². The maximum absolute atomic E-state index is 12.8. The fourth-order valence-electron chi connectivity index (χ4n) is 3.26. The van der Waals surface area contributed by atoms with Gasteiger partial charge >= 0.3 is 5.97 Å². The SMILES string of the molecule is CCOC(=O)c1cc(-c2ccccc2)sc1NC(=O)CSc1nnc(CSc2ccc(C)cc2)n1C. The molecule has 2 heterocycles. The van der Waals surface area contributed by atoms with Gasteiger partial charge in [-0.1, -0.05) is 59.8 Å². The topological polar surface area (TPSA) is 86.1 Å².